The molecular formula is C45H43N5O5SSi. The Morgan fingerprint density at radius 1 is 0.842 bits per heavy atom. The number of carbonyl (C=O) groups is 3. The number of thiazole rings is 1. The van der Waals surface area contributed by atoms with Gasteiger partial charge in [0, 0.05) is 29.0 Å². The molecular weight excluding hydrogens is 751 g/mol. The number of nitrogens with zero attached hydrogens (tertiary/aromatic N) is 1. The normalized spacial score (nSPS) is 11.1. The number of hydrogen-bond acceptors (Lipinski definition) is 8. The van der Waals surface area contributed by atoms with E-state index in [2.05, 4.69) is 84.4 Å². The van der Waals surface area contributed by atoms with Gasteiger partial charge in [0.1, 0.15) is 11.3 Å². The molecule has 1 aromatic heterocycles. The molecule has 0 aliphatic heterocycles. The summed E-state index contributed by atoms with van der Waals surface area (Å²) < 4.78 is 13.3. The van der Waals surface area contributed by atoms with Crippen LogP contribution in [0.2, 0.25) is 5.04 Å². The molecule has 3 amide bonds. The Bertz CT molecular complexity index is 2410. The minimum absolute atomic E-state index is 0.116. The third kappa shape index (κ3) is 9.95. The van der Waals surface area contributed by atoms with E-state index in [1.165, 1.54) is 17.4 Å². The molecule has 6 aromatic rings. The summed E-state index contributed by atoms with van der Waals surface area (Å²) in [5, 5.41) is 11.0. The van der Waals surface area contributed by atoms with Crippen molar-refractivity contribution >= 4 is 75.2 Å². The van der Waals surface area contributed by atoms with Crippen LogP contribution in [-0.2, 0) is 16.0 Å². The van der Waals surface area contributed by atoms with Gasteiger partial charge in [-0.05, 0) is 75.9 Å². The molecule has 0 saturated heterocycles. The average Bonchev–Trinajstić information content (AvgIpc) is 3.60. The number of fused-ring (bicyclic) bond motifs is 1. The number of amides is 3. The Hall–Kier alpha value is -6.68. The molecule has 5 aromatic carbocycles. The van der Waals surface area contributed by atoms with Gasteiger partial charge in [0.15, 0.2) is 0 Å². The van der Waals surface area contributed by atoms with E-state index in [0.29, 0.717) is 47.6 Å². The number of anilines is 3. The minimum atomic E-state index is -3.06. The number of nitrogens with two attached hydrogens (primary N) is 1. The van der Waals surface area contributed by atoms with Gasteiger partial charge in [-0.3, -0.25) is 9.59 Å². The first-order valence-electron chi connectivity index (χ1n) is 18.3. The van der Waals surface area contributed by atoms with E-state index in [1.54, 1.807) is 12.1 Å². The van der Waals surface area contributed by atoms with E-state index in [-0.39, 0.29) is 22.0 Å². The van der Waals surface area contributed by atoms with Crippen molar-refractivity contribution in [3.63, 3.8) is 0 Å². The summed E-state index contributed by atoms with van der Waals surface area (Å²) in [6.07, 6.45) is 1.11. The summed E-state index contributed by atoms with van der Waals surface area (Å²) in [4.78, 5) is 40.6. The lowest BCUT2D eigenvalue weighted by molar-refractivity contribution is -0.116. The highest BCUT2D eigenvalue weighted by molar-refractivity contribution is 7.20. The molecule has 10 nitrogen and oxygen atoms in total. The average molecular weight is 794 g/mol. The van der Waals surface area contributed by atoms with Gasteiger partial charge in [-0.1, -0.05) is 129 Å². The molecule has 5 N–H and O–H groups in total. The first-order valence-corrected chi connectivity index (χ1v) is 21.0. The third-order valence-electron chi connectivity index (χ3n) is 9.12. The van der Waals surface area contributed by atoms with Gasteiger partial charge in [0.2, 0.25) is 11.8 Å². The molecule has 0 fully saturated rings. The summed E-state index contributed by atoms with van der Waals surface area (Å²) >= 11 is 1.19. The molecule has 57 heavy (non-hydrogen) atoms. The van der Waals surface area contributed by atoms with Gasteiger partial charge in [-0.25, -0.2) is 4.79 Å². The van der Waals surface area contributed by atoms with Crippen molar-refractivity contribution in [2.75, 3.05) is 22.5 Å². The molecule has 0 aliphatic rings. The Balaban J connectivity index is 1.19. The van der Waals surface area contributed by atoms with Crippen LogP contribution in [0.1, 0.15) is 38.3 Å². The van der Waals surface area contributed by atoms with Crippen LogP contribution in [0.5, 0.6) is 10.9 Å². The monoisotopic (exact) mass is 793 g/mol. The number of benzene rings is 5. The number of carbonyl (C=O) groups excluding carboxylic acids is 3. The summed E-state index contributed by atoms with van der Waals surface area (Å²) in [7, 11) is -3.06. The Morgan fingerprint density at radius 2 is 1.51 bits per heavy atom. The number of primary amides is 1. The molecule has 0 spiro atoms. The maximum absolute atomic E-state index is 12.8. The van der Waals surface area contributed by atoms with Crippen molar-refractivity contribution < 1.29 is 23.5 Å². The van der Waals surface area contributed by atoms with E-state index >= 15 is 0 Å². The highest BCUT2D eigenvalue weighted by atomic mass is 32.1. The molecule has 0 bridgehead atoms. The third-order valence-corrected chi connectivity index (χ3v) is 14.9. The Kier molecular flexibility index (Phi) is 12.5. The number of nitrogens with one attached hydrogen (secondary N) is 3. The topological polar surface area (TPSA) is 145 Å². The maximum atomic E-state index is 12.8. The fraction of sp³-hybridized carbons (Fsp3) is 0.156. The predicted octanol–water partition coefficient (Wildman–Crippen LogP) is 7.85. The highest BCUT2D eigenvalue weighted by Gasteiger charge is 2.52. The second-order valence-electron chi connectivity index (χ2n) is 14.2. The minimum Gasteiger partial charge on any atom is -0.532 e. The van der Waals surface area contributed by atoms with Crippen molar-refractivity contribution in [3.05, 3.63) is 145 Å². The number of aromatic nitrogens is 1. The smallest absolute Gasteiger partial charge is 0.411 e. The fourth-order valence-corrected chi connectivity index (χ4v) is 11.8. The molecule has 288 valence electrons. The van der Waals surface area contributed by atoms with Gasteiger partial charge in [-0.2, -0.15) is 4.98 Å². The zero-order chi connectivity index (χ0) is 40.4. The molecule has 0 unspecified atom stereocenters. The second-order valence-corrected chi connectivity index (χ2v) is 19.4. The Morgan fingerprint density at radius 3 is 2.14 bits per heavy atom. The van der Waals surface area contributed by atoms with Gasteiger partial charge in [0.25, 0.3) is 5.19 Å². The van der Waals surface area contributed by atoms with Crippen molar-refractivity contribution in [1.82, 2.24) is 4.98 Å². The van der Waals surface area contributed by atoms with Crippen LogP contribution in [0.3, 0.4) is 0 Å². The van der Waals surface area contributed by atoms with Gasteiger partial charge < -0.3 is 30.8 Å². The molecule has 0 saturated carbocycles. The first kappa shape index (κ1) is 40.0. The molecule has 0 atom stereocenters. The van der Waals surface area contributed by atoms with Crippen molar-refractivity contribution in [2.45, 2.75) is 38.7 Å². The van der Waals surface area contributed by atoms with Gasteiger partial charge in [-0.15, -0.1) is 0 Å². The summed E-state index contributed by atoms with van der Waals surface area (Å²) in [5.74, 6) is 6.62. The number of aryl methyl sites for hydroxylation is 1. The van der Waals surface area contributed by atoms with Crippen molar-refractivity contribution in [3.8, 4) is 22.8 Å². The first-order chi connectivity index (χ1) is 27.4. The van der Waals surface area contributed by atoms with Crippen LogP contribution in [-0.4, -0.2) is 37.8 Å². The molecule has 12 heteroatoms. The number of hydrogen-bond donors (Lipinski definition) is 4. The van der Waals surface area contributed by atoms with Crippen molar-refractivity contribution in [1.29, 1.82) is 0 Å². The zero-order valence-corrected chi connectivity index (χ0v) is 33.7. The lowest BCUT2D eigenvalue weighted by atomic mass is 10.1. The van der Waals surface area contributed by atoms with E-state index in [4.69, 9.17) is 14.9 Å². The number of rotatable bonds is 13. The summed E-state index contributed by atoms with van der Waals surface area (Å²) in [5.41, 5.74) is 9.71. The predicted molar refractivity (Wildman–Crippen MR) is 232 cm³/mol. The zero-order valence-electron chi connectivity index (χ0n) is 31.9. The second kappa shape index (κ2) is 17.8. The van der Waals surface area contributed by atoms with Gasteiger partial charge >= 0.3 is 14.4 Å². The van der Waals surface area contributed by atoms with Crippen LogP contribution in [0.4, 0.5) is 21.9 Å². The van der Waals surface area contributed by atoms with Gasteiger partial charge in [0.05, 0.1) is 11.2 Å². The summed E-state index contributed by atoms with van der Waals surface area (Å²) in [6, 6.07) is 39.2. The van der Waals surface area contributed by atoms with Crippen LogP contribution in [0.15, 0.2) is 134 Å². The quantitative estimate of drug-likeness (QED) is 0.0530. The molecule has 1 heterocycles. The van der Waals surface area contributed by atoms with E-state index < -0.39 is 14.4 Å². The lowest BCUT2D eigenvalue weighted by Crippen LogP contribution is -2.68. The van der Waals surface area contributed by atoms with Crippen LogP contribution in [0, 0.1) is 11.8 Å². The molecule has 0 aliphatic carbocycles. The highest BCUT2D eigenvalue weighted by Crippen LogP contribution is 2.41. The summed E-state index contributed by atoms with van der Waals surface area (Å²) in [6.45, 7) is 10.4. The van der Waals surface area contributed by atoms with E-state index in [1.807, 2.05) is 84.9 Å². The van der Waals surface area contributed by atoms with E-state index in [9.17, 15) is 14.4 Å². The standard InChI is InChI=1S/C45H43N5O5SSi/c1-5-40(51)48-33-24-21-31(22-25-33)23-26-41(52)49-35-16-12-15-34(30-35)47-27-13-14-32-28-38(42-39(29-32)56-44(50-42)54-43(46)53)55-57(45(2,3)4,36-17-8-6-9-18-36)37-19-10-7-11-20-37/h5-12,15-22,24-25,28-30,47H,1,23,26-27H2,2-4H3,(H2,46,53)(H,48,51)(H,49,52). The number of ether oxygens (including phenoxy) is 1. The largest absolute Gasteiger partial charge is 0.532 e. The maximum Gasteiger partial charge on any atom is 0.411 e. The lowest BCUT2D eigenvalue weighted by Gasteiger charge is -2.43. The van der Waals surface area contributed by atoms with Crippen LogP contribution < -0.4 is 41.2 Å². The molecule has 0 radical (unpaired) electrons. The van der Waals surface area contributed by atoms with E-state index in [0.717, 1.165) is 26.3 Å². The van der Waals surface area contributed by atoms with Crippen LogP contribution in [0.25, 0.3) is 10.2 Å². The SMILES string of the molecule is C=CC(=O)Nc1ccc(CCC(=O)Nc2cccc(NCC#Cc3cc(O[Si](c4ccccc4)(c4ccccc4)C(C)(C)C)c4nc(OC(N)=O)sc4c3)c2)cc1. The molecule has 6 rings (SSSR count). The fourth-order valence-electron chi connectivity index (χ4n) is 6.50. The van der Waals surface area contributed by atoms with Crippen LogP contribution >= 0.6 is 11.3 Å². The van der Waals surface area contributed by atoms with Crippen molar-refractivity contribution in [2.24, 2.45) is 5.73 Å². The Labute approximate surface area is 337 Å².